The minimum atomic E-state index is -0.568. The molecule has 4 nitrogen and oxygen atoms in total. The largest absolute Gasteiger partial charge is 0.394 e. The van der Waals surface area contributed by atoms with Crippen LogP contribution in [0.15, 0.2) is 30.5 Å². The maximum Gasteiger partial charge on any atom is 0.254 e. The summed E-state index contributed by atoms with van der Waals surface area (Å²) < 4.78 is 0. The van der Waals surface area contributed by atoms with Gasteiger partial charge in [-0.05, 0) is 37.4 Å². The predicted octanol–water partition coefficient (Wildman–Crippen LogP) is 2.01. The molecule has 1 heterocycles. The fourth-order valence-corrected chi connectivity index (χ4v) is 1.76. The number of fused-ring (bicyclic) bond motifs is 1. The summed E-state index contributed by atoms with van der Waals surface area (Å²) in [7, 11) is 1.71. The van der Waals surface area contributed by atoms with Gasteiger partial charge in [0.1, 0.15) is 0 Å². The molecule has 1 aromatic carbocycles. The number of amides is 1. The van der Waals surface area contributed by atoms with Crippen LogP contribution in [0, 0.1) is 0 Å². The van der Waals surface area contributed by atoms with Crippen molar-refractivity contribution in [2.24, 2.45) is 0 Å². The van der Waals surface area contributed by atoms with Crippen molar-refractivity contribution in [3.05, 3.63) is 36.0 Å². The van der Waals surface area contributed by atoms with Gasteiger partial charge in [-0.3, -0.25) is 4.79 Å². The van der Waals surface area contributed by atoms with Crippen molar-refractivity contribution in [2.75, 3.05) is 13.7 Å². The predicted molar refractivity (Wildman–Crippen MR) is 71.6 cm³/mol. The maximum absolute atomic E-state index is 12.3. The summed E-state index contributed by atoms with van der Waals surface area (Å²) in [6, 6.07) is 7.52. The van der Waals surface area contributed by atoms with Gasteiger partial charge < -0.3 is 15.0 Å². The van der Waals surface area contributed by atoms with Crippen molar-refractivity contribution in [3.63, 3.8) is 0 Å². The molecule has 0 saturated carbocycles. The second-order valence-corrected chi connectivity index (χ2v) is 5.11. The Bertz CT molecular complexity index is 572. The molecule has 0 bridgehead atoms. The third-order valence-corrected chi connectivity index (χ3v) is 3.40. The van der Waals surface area contributed by atoms with Crippen LogP contribution in [0.2, 0.25) is 0 Å². The molecule has 0 aliphatic rings. The van der Waals surface area contributed by atoms with Crippen LogP contribution in [0.3, 0.4) is 0 Å². The molecule has 0 fully saturated rings. The zero-order valence-corrected chi connectivity index (χ0v) is 10.9. The maximum atomic E-state index is 12.3. The number of H-pyrrole nitrogens is 1. The molecule has 1 aromatic heterocycles. The molecule has 0 atom stereocenters. The highest BCUT2D eigenvalue weighted by molar-refractivity contribution is 5.98. The number of nitrogens with zero attached hydrogens (tertiary/aromatic N) is 1. The first-order valence-electron chi connectivity index (χ1n) is 5.92. The SMILES string of the molecule is CN(C(=O)c1ccc2cc[nH]c2c1)C(C)(C)CO. The molecule has 0 saturated heterocycles. The molecule has 0 aliphatic heterocycles. The molecule has 0 radical (unpaired) electrons. The van der Waals surface area contributed by atoms with Crippen LogP contribution in [0.5, 0.6) is 0 Å². The molecule has 0 aliphatic carbocycles. The second-order valence-electron chi connectivity index (χ2n) is 5.11. The Labute approximate surface area is 106 Å². The van der Waals surface area contributed by atoms with Gasteiger partial charge in [0.25, 0.3) is 5.91 Å². The number of hydrogen-bond acceptors (Lipinski definition) is 2. The highest BCUT2D eigenvalue weighted by Gasteiger charge is 2.27. The van der Waals surface area contributed by atoms with Gasteiger partial charge in [0.2, 0.25) is 0 Å². The van der Waals surface area contributed by atoms with Gasteiger partial charge in [0.05, 0.1) is 12.1 Å². The molecular weight excluding hydrogens is 228 g/mol. The molecular formula is C14H18N2O2. The van der Waals surface area contributed by atoms with E-state index in [-0.39, 0.29) is 12.5 Å². The van der Waals surface area contributed by atoms with Gasteiger partial charge in [0.15, 0.2) is 0 Å². The molecule has 96 valence electrons. The Morgan fingerprint density at radius 2 is 2.11 bits per heavy atom. The molecule has 2 rings (SSSR count). The number of rotatable bonds is 3. The van der Waals surface area contributed by atoms with Crippen molar-refractivity contribution in [1.82, 2.24) is 9.88 Å². The smallest absolute Gasteiger partial charge is 0.254 e. The molecule has 18 heavy (non-hydrogen) atoms. The summed E-state index contributed by atoms with van der Waals surface area (Å²) in [6.45, 7) is 3.59. The van der Waals surface area contributed by atoms with E-state index in [1.54, 1.807) is 11.9 Å². The molecule has 2 aromatic rings. The number of hydrogen-bond donors (Lipinski definition) is 2. The third-order valence-electron chi connectivity index (χ3n) is 3.40. The van der Waals surface area contributed by atoms with E-state index < -0.39 is 5.54 Å². The van der Waals surface area contributed by atoms with Crippen LogP contribution >= 0.6 is 0 Å². The summed E-state index contributed by atoms with van der Waals surface area (Å²) in [6.07, 6.45) is 1.85. The Kier molecular flexibility index (Phi) is 3.13. The summed E-state index contributed by atoms with van der Waals surface area (Å²) in [5, 5.41) is 10.4. The van der Waals surface area contributed by atoms with Crippen molar-refractivity contribution >= 4 is 16.8 Å². The lowest BCUT2D eigenvalue weighted by atomic mass is 10.0. The van der Waals surface area contributed by atoms with E-state index in [1.807, 2.05) is 44.3 Å². The van der Waals surface area contributed by atoms with Crippen molar-refractivity contribution in [3.8, 4) is 0 Å². The lowest BCUT2D eigenvalue weighted by Crippen LogP contribution is -2.47. The van der Waals surface area contributed by atoms with Gasteiger partial charge in [-0.2, -0.15) is 0 Å². The minimum Gasteiger partial charge on any atom is -0.394 e. The van der Waals surface area contributed by atoms with E-state index >= 15 is 0 Å². The highest BCUT2D eigenvalue weighted by atomic mass is 16.3. The first-order valence-corrected chi connectivity index (χ1v) is 5.92. The lowest BCUT2D eigenvalue weighted by Gasteiger charge is -2.34. The van der Waals surface area contributed by atoms with Crippen LogP contribution in [0.25, 0.3) is 10.9 Å². The third kappa shape index (κ3) is 2.11. The molecule has 0 spiro atoms. The fourth-order valence-electron chi connectivity index (χ4n) is 1.76. The Hall–Kier alpha value is -1.81. The van der Waals surface area contributed by atoms with Gasteiger partial charge in [0, 0.05) is 24.3 Å². The van der Waals surface area contributed by atoms with Gasteiger partial charge in [-0.15, -0.1) is 0 Å². The number of aromatic nitrogens is 1. The molecule has 0 unspecified atom stereocenters. The fraction of sp³-hybridized carbons (Fsp3) is 0.357. The second kappa shape index (κ2) is 4.46. The first-order chi connectivity index (χ1) is 8.45. The topological polar surface area (TPSA) is 56.3 Å². The van der Waals surface area contributed by atoms with Crippen LogP contribution < -0.4 is 0 Å². The van der Waals surface area contributed by atoms with Crippen LogP contribution in [0.4, 0.5) is 0 Å². The molecule has 1 amide bonds. The number of aliphatic hydroxyl groups is 1. The minimum absolute atomic E-state index is 0.0695. The van der Waals surface area contributed by atoms with Crippen LogP contribution in [0.1, 0.15) is 24.2 Å². The quantitative estimate of drug-likeness (QED) is 0.870. The average molecular weight is 246 g/mol. The number of carbonyl (C=O) groups excluding carboxylic acids is 1. The van der Waals surface area contributed by atoms with E-state index in [0.717, 1.165) is 10.9 Å². The van der Waals surface area contributed by atoms with E-state index in [4.69, 9.17) is 0 Å². The summed E-state index contributed by atoms with van der Waals surface area (Å²) in [4.78, 5) is 17.0. The summed E-state index contributed by atoms with van der Waals surface area (Å²) >= 11 is 0. The lowest BCUT2D eigenvalue weighted by molar-refractivity contribution is 0.0473. The van der Waals surface area contributed by atoms with E-state index in [2.05, 4.69) is 4.98 Å². The summed E-state index contributed by atoms with van der Waals surface area (Å²) in [5.74, 6) is -0.0921. The number of aliphatic hydroxyl groups excluding tert-OH is 1. The molecule has 2 N–H and O–H groups in total. The van der Waals surface area contributed by atoms with Gasteiger partial charge in [-0.1, -0.05) is 6.07 Å². The Morgan fingerprint density at radius 3 is 2.78 bits per heavy atom. The normalized spacial score (nSPS) is 11.8. The average Bonchev–Trinajstić information content (AvgIpc) is 2.84. The number of carbonyl (C=O) groups is 1. The monoisotopic (exact) mass is 246 g/mol. The van der Waals surface area contributed by atoms with Gasteiger partial charge >= 0.3 is 0 Å². The van der Waals surface area contributed by atoms with Crippen molar-refractivity contribution < 1.29 is 9.90 Å². The zero-order chi connectivity index (χ0) is 13.3. The number of benzene rings is 1. The zero-order valence-electron chi connectivity index (χ0n) is 10.9. The number of aromatic amines is 1. The Balaban J connectivity index is 2.33. The highest BCUT2D eigenvalue weighted by Crippen LogP contribution is 2.19. The number of likely N-dealkylation sites (N-methyl/N-ethyl adjacent to an activating group) is 1. The van der Waals surface area contributed by atoms with Gasteiger partial charge in [-0.25, -0.2) is 0 Å². The summed E-state index contributed by atoms with van der Waals surface area (Å²) in [5.41, 5.74) is 0.993. The van der Waals surface area contributed by atoms with E-state index in [1.165, 1.54) is 0 Å². The standard InChI is InChI=1S/C14H18N2O2/c1-14(2,9-17)16(3)13(18)11-5-4-10-6-7-15-12(10)8-11/h4-8,15,17H,9H2,1-3H3. The van der Waals surface area contributed by atoms with Crippen molar-refractivity contribution in [2.45, 2.75) is 19.4 Å². The first kappa shape index (κ1) is 12.6. The molecule has 4 heteroatoms. The Morgan fingerprint density at radius 1 is 1.39 bits per heavy atom. The van der Waals surface area contributed by atoms with Crippen LogP contribution in [-0.4, -0.2) is 40.1 Å². The van der Waals surface area contributed by atoms with E-state index in [0.29, 0.717) is 5.56 Å². The van der Waals surface area contributed by atoms with Crippen molar-refractivity contribution in [1.29, 1.82) is 0 Å². The number of nitrogens with one attached hydrogen (secondary N) is 1. The van der Waals surface area contributed by atoms with Crippen LogP contribution in [-0.2, 0) is 0 Å². The van der Waals surface area contributed by atoms with E-state index in [9.17, 15) is 9.90 Å².